The lowest BCUT2D eigenvalue weighted by molar-refractivity contribution is 0.441. The number of nitrogen functional groups attached to an aromatic ring is 1. The van der Waals surface area contributed by atoms with Crippen molar-refractivity contribution in [3.63, 3.8) is 0 Å². The maximum absolute atomic E-state index is 5.78. The van der Waals surface area contributed by atoms with Crippen molar-refractivity contribution in [1.82, 2.24) is 15.3 Å². The number of likely N-dealkylation sites (N-methyl/N-ethyl adjacent to an activating group) is 1. The first kappa shape index (κ1) is 16.8. The SMILES string of the molecule is CNC1CN(c2cc(NCC(C)(C)C)nc(N)n2)C1.Cl. The molecule has 1 aromatic heterocycles. The van der Waals surface area contributed by atoms with E-state index >= 15 is 0 Å². The van der Waals surface area contributed by atoms with Crippen LogP contribution in [0.25, 0.3) is 0 Å². The Morgan fingerprint density at radius 2 is 2.00 bits per heavy atom. The molecule has 1 aliphatic heterocycles. The zero-order valence-electron chi connectivity index (χ0n) is 12.6. The van der Waals surface area contributed by atoms with Crippen molar-refractivity contribution >= 4 is 30.0 Å². The minimum atomic E-state index is 0. The summed E-state index contributed by atoms with van der Waals surface area (Å²) in [5.74, 6) is 2.02. The summed E-state index contributed by atoms with van der Waals surface area (Å²) in [4.78, 5) is 10.7. The molecule has 114 valence electrons. The fourth-order valence-electron chi connectivity index (χ4n) is 1.91. The summed E-state index contributed by atoms with van der Waals surface area (Å²) >= 11 is 0. The van der Waals surface area contributed by atoms with E-state index in [9.17, 15) is 0 Å². The molecule has 0 aromatic carbocycles. The van der Waals surface area contributed by atoms with E-state index in [-0.39, 0.29) is 17.8 Å². The highest BCUT2D eigenvalue weighted by atomic mass is 35.5. The standard InChI is InChI=1S/C13H24N6.ClH/c1-13(2,3)8-16-10-5-11(18-12(14)17-10)19-6-9(7-19)15-4;/h5,9,15H,6-8H2,1-4H3,(H3,14,16,17,18);1H. The molecular weight excluding hydrogens is 276 g/mol. The second-order valence-electron chi connectivity index (χ2n) is 6.27. The summed E-state index contributed by atoms with van der Waals surface area (Å²) in [5, 5.41) is 6.56. The fourth-order valence-corrected chi connectivity index (χ4v) is 1.91. The predicted octanol–water partition coefficient (Wildman–Crippen LogP) is 1.35. The van der Waals surface area contributed by atoms with Gasteiger partial charge >= 0.3 is 0 Å². The van der Waals surface area contributed by atoms with Gasteiger partial charge in [0.2, 0.25) is 5.95 Å². The second kappa shape index (κ2) is 6.45. The minimum absolute atomic E-state index is 0. The third-order valence-corrected chi connectivity index (χ3v) is 3.14. The minimum Gasteiger partial charge on any atom is -0.369 e. The number of halogens is 1. The Balaban J connectivity index is 0.00000200. The lowest BCUT2D eigenvalue weighted by atomic mass is 9.97. The monoisotopic (exact) mass is 300 g/mol. The van der Waals surface area contributed by atoms with Crippen molar-refractivity contribution in [3.8, 4) is 0 Å². The third-order valence-electron chi connectivity index (χ3n) is 3.14. The fraction of sp³-hybridized carbons (Fsp3) is 0.692. The molecule has 1 saturated heterocycles. The molecule has 1 fully saturated rings. The molecule has 4 N–H and O–H groups in total. The van der Waals surface area contributed by atoms with Crippen LogP contribution in [0.3, 0.4) is 0 Å². The first-order valence-electron chi connectivity index (χ1n) is 6.68. The summed E-state index contributed by atoms with van der Waals surface area (Å²) < 4.78 is 0. The molecular formula is C13H25ClN6. The van der Waals surface area contributed by atoms with Crippen LogP contribution in [0.5, 0.6) is 0 Å². The Kier molecular flexibility index (Phi) is 5.42. The van der Waals surface area contributed by atoms with Gasteiger partial charge < -0.3 is 21.3 Å². The lowest BCUT2D eigenvalue weighted by Gasteiger charge is -2.40. The first-order valence-corrected chi connectivity index (χ1v) is 6.68. The van der Waals surface area contributed by atoms with Gasteiger partial charge in [-0.2, -0.15) is 9.97 Å². The van der Waals surface area contributed by atoms with Crippen LogP contribution in [0.15, 0.2) is 6.07 Å². The van der Waals surface area contributed by atoms with E-state index in [1.807, 2.05) is 13.1 Å². The molecule has 6 nitrogen and oxygen atoms in total. The molecule has 7 heteroatoms. The van der Waals surface area contributed by atoms with E-state index in [1.54, 1.807) is 0 Å². The van der Waals surface area contributed by atoms with Gasteiger partial charge in [0.25, 0.3) is 0 Å². The van der Waals surface area contributed by atoms with Crippen molar-refractivity contribution in [2.24, 2.45) is 5.41 Å². The van der Waals surface area contributed by atoms with Crippen LogP contribution in [0.4, 0.5) is 17.6 Å². The van der Waals surface area contributed by atoms with Gasteiger partial charge in [0.05, 0.1) is 0 Å². The number of hydrogen-bond donors (Lipinski definition) is 3. The van der Waals surface area contributed by atoms with Gasteiger partial charge in [-0.3, -0.25) is 0 Å². The summed E-state index contributed by atoms with van der Waals surface area (Å²) in [6, 6.07) is 2.51. The Bertz CT molecular complexity index is 439. The van der Waals surface area contributed by atoms with Gasteiger partial charge in [0, 0.05) is 31.7 Å². The lowest BCUT2D eigenvalue weighted by Crippen LogP contribution is -2.57. The Hall–Kier alpha value is -1.27. The van der Waals surface area contributed by atoms with Crippen LogP contribution >= 0.6 is 12.4 Å². The van der Waals surface area contributed by atoms with Crippen LogP contribution in [-0.2, 0) is 0 Å². The molecule has 0 radical (unpaired) electrons. The first-order chi connectivity index (χ1) is 8.87. The van der Waals surface area contributed by atoms with Crippen LogP contribution in [0, 0.1) is 5.41 Å². The molecule has 0 atom stereocenters. The zero-order chi connectivity index (χ0) is 14.0. The van der Waals surface area contributed by atoms with Crippen molar-refractivity contribution < 1.29 is 0 Å². The average Bonchev–Trinajstić information content (AvgIpc) is 2.23. The molecule has 0 amide bonds. The van der Waals surface area contributed by atoms with E-state index in [0.717, 1.165) is 31.3 Å². The number of nitrogens with one attached hydrogen (secondary N) is 2. The second-order valence-corrected chi connectivity index (χ2v) is 6.27. The van der Waals surface area contributed by atoms with E-state index in [4.69, 9.17) is 5.73 Å². The number of aromatic nitrogens is 2. The normalized spacial score (nSPS) is 15.5. The quantitative estimate of drug-likeness (QED) is 0.779. The number of rotatable bonds is 4. The van der Waals surface area contributed by atoms with Gasteiger partial charge in [-0.25, -0.2) is 0 Å². The van der Waals surface area contributed by atoms with Gasteiger partial charge in [-0.15, -0.1) is 12.4 Å². The largest absolute Gasteiger partial charge is 0.369 e. The maximum atomic E-state index is 5.78. The molecule has 0 bridgehead atoms. The molecule has 20 heavy (non-hydrogen) atoms. The summed E-state index contributed by atoms with van der Waals surface area (Å²) in [7, 11) is 1.98. The summed E-state index contributed by atoms with van der Waals surface area (Å²) in [5.41, 5.74) is 5.98. The van der Waals surface area contributed by atoms with Crippen molar-refractivity contribution in [2.75, 3.05) is 42.6 Å². The van der Waals surface area contributed by atoms with Gasteiger partial charge in [-0.05, 0) is 12.5 Å². The molecule has 2 heterocycles. The highest BCUT2D eigenvalue weighted by Crippen LogP contribution is 2.23. The van der Waals surface area contributed by atoms with Crippen LogP contribution in [0.2, 0.25) is 0 Å². The molecule has 2 rings (SSSR count). The Labute approximate surface area is 127 Å². The third kappa shape index (κ3) is 4.38. The maximum Gasteiger partial charge on any atom is 0.223 e. The predicted molar refractivity (Wildman–Crippen MR) is 86.7 cm³/mol. The van der Waals surface area contributed by atoms with E-state index in [1.165, 1.54) is 0 Å². The van der Waals surface area contributed by atoms with Crippen LogP contribution in [-0.4, -0.2) is 42.7 Å². The Morgan fingerprint density at radius 3 is 2.55 bits per heavy atom. The molecule has 0 aliphatic carbocycles. The van der Waals surface area contributed by atoms with E-state index in [2.05, 4.69) is 46.3 Å². The molecule has 0 unspecified atom stereocenters. The van der Waals surface area contributed by atoms with Gasteiger partial charge in [0.1, 0.15) is 11.6 Å². The van der Waals surface area contributed by atoms with Crippen LogP contribution < -0.4 is 21.3 Å². The number of nitrogens with zero attached hydrogens (tertiary/aromatic N) is 3. The Morgan fingerprint density at radius 1 is 1.35 bits per heavy atom. The van der Waals surface area contributed by atoms with E-state index < -0.39 is 0 Å². The van der Waals surface area contributed by atoms with Crippen LogP contribution in [0.1, 0.15) is 20.8 Å². The van der Waals surface area contributed by atoms with Crippen molar-refractivity contribution in [1.29, 1.82) is 0 Å². The highest BCUT2D eigenvalue weighted by molar-refractivity contribution is 5.85. The van der Waals surface area contributed by atoms with Crippen molar-refractivity contribution in [3.05, 3.63) is 6.07 Å². The highest BCUT2D eigenvalue weighted by Gasteiger charge is 2.26. The topological polar surface area (TPSA) is 79.1 Å². The summed E-state index contributed by atoms with van der Waals surface area (Å²) in [6.45, 7) is 9.31. The molecule has 1 aromatic rings. The zero-order valence-corrected chi connectivity index (χ0v) is 13.4. The molecule has 0 spiro atoms. The molecule has 1 aliphatic rings. The number of anilines is 3. The van der Waals surface area contributed by atoms with E-state index in [0.29, 0.717) is 12.0 Å². The average molecular weight is 301 g/mol. The van der Waals surface area contributed by atoms with Gasteiger partial charge in [0.15, 0.2) is 0 Å². The number of hydrogen-bond acceptors (Lipinski definition) is 6. The number of nitrogens with two attached hydrogens (primary N) is 1. The smallest absolute Gasteiger partial charge is 0.223 e. The van der Waals surface area contributed by atoms with Gasteiger partial charge in [-0.1, -0.05) is 20.8 Å². The molecule has 0 saturated carbocycles. The summed E-state index contributed by atoms with van der Waals surface area (Å²) in [6.07, 6.45) is 0. The van der Waals surface area contributed by atoms with Crippen molar-refractivity contribution in [2.45, 2.75) is 26.8 Å².